The van der Waals surface area contributed by atoms with Gasteiger partial charge in [-0.3, -0.25) is 33.6 Å². The molecular formula is C25H33FN6O9. The van der Waals surface area contributed by atoms with Gasteiger partial charge in [0, 0.05) is 19.4 Å². The first-order valence-electron chi connectivity index (χ1n) is 12.7. The number of likely N-dealkylation sites (tertiary alicyclic amines) is 1. The van der Waals surface area contributed by atoms with E-state index in [1.165, 1.54) is 29.2 Å². The molecule has 224 valence electrons. The second-order valence-corrected chi connectivity index (χ2v) is 9.23. The maximum absolute atomic E-state index is 13.5. The number of halogens is 1. The summed E-state index contributed by atoms with van der Waals surface area (Å²) in [5, 5.41) is 26.9. The molecule has 1 aromatic carbocycles. The van der Waals surface area contributed by atoms with Crippen molar-refractivity contribution in [2.24, 2.45) is 5.73 Å². The van der Waals surface area contributed by atoms with Crippen LogP contribution in [0.2, 0.25) is 0 Å². The SMILES string of the molecule is NCC(=O)N[C@@H](Cc1ccc(F)cc1)C(=O)N1CCC[C@H]1C(=O)N[C@@H](CCC(=O)O)C(=O)NCC(=O)NCC(=O)O. The van der Waals surface area contributed by atoms with E-state index in [1.807, 2.05) is 5.32 Å². The largest absolute Gasteiger partial charge is 0.481 e. The lowest BCUT2D eigenvalue weighted by molar-refractivity contribution is -0.142. The molecule has 0 spiro atoms. The predicted molar refractivity (Wildman–Crippen MR) is 138 cm³/mol. The minimum Gasteiger partial charge on any atom is -0.481 e. The van der Waals surface area contributed by atoms with Crippen LogP contribution in [0.4, 0.5) is 4.39 Å². The van der Waals surface area contributed by atoms with Gasteiger partial charge in [0.15, 0.2) is 0 Å². The van der Waals surface area contributed by atoms with Crippen molar-refractivity contribution >= 4 is 41.5 Å². The van der Waals surface area contributed by atoms with Gasteiger partial charge in [0.2, 0.25) is 29.5 Å². The second kappa shape index (κ2) is 15.9. The lowest BCUT2D eigenvalue weighted by Gasteiger charge is -2.30. The molecule has 5 amide bonds. The van der Waals surface area contributed by atoms with Crippen molar-refractivity contribution in [3.05, 3.63) is 35.6 Å². The average molecular weight is 581 g/mol. The van der Waals surface area contributed by atoms with Gasteiger partial charge in [-0.15, -0.1) is 0 Å². The summed E-state index contributed by atoms with van der Waals surface area (Å²) in [7, 11) is 0. The molecule has 1 aliphatic heterocycles. The first kappa shape index (κ1) is 32.6. The Labute approximate surface area is 234 Å². The maximum atomic E-state index is 13.5. The smallest absolute Gasteiger partial charge is 0.322 e. The van der Waals surface area contributed by atoms with E-state index in [-0.39, 0.29) is 25.8 Å². The van der Waals surface area contributed by atoms with Crippen LogP contribution in [0.5, 0.6) is 0 Å². The number of hydrogen-bond acceptors (Lipinski definition) is 8. The van der Waals surface area contributed by atoms with Crippen LogP contribution in [0.15, 0.2) is 24.3 Å². The fraction of sp³-hybridized carbons (Fsp3) is 0.480. The highest BCUT2D eigenvalue weighted by Gasteiger charge is 2.39. The Balaban J connectivity index is 2.13. The van der Waals surface area contributed by atoms with Crippen molar-refractivity contribution in [3.8, 4) is 0 Å². The van der Waals surface area contributed by atoms with Crippen LogP contribution in [0, 0.1) is 5.82 Å². The molecule has 1 aliphatic rings. The highest BCUT2D eigenvalue weighted by molar-refractivity contribution is 5.95. The van der Waals surface area contributed by atoms with E-state index in [4.69, 9.17) is 15.9 Å². The summed E-state index contributed by atoms with van der Waals surface area (Å²) in [5.41, 5.74) is 5.93. The molecule has 1 saturated heterocycles. The number of nitrogens with zero attached hydrogens (tertiary/aromatic N) is 1. The number of carbonyl (C=O) groups excluding carboxylic acids is 5. The van der Waals surface area contributed by atoms with Gasteiger partial charge in [0.1, 0.15) is 30.5 Å². The molecule has 0 aliphatic carbocycles. The van der Waals surface area contributed by atoms with Gasteiger partial charge >= 0.3 is 11.9 Å². The molecule has 8 N–H and O–H groups in total. The van der Waals surface area contributed by atoms with Crippen LogP contribution in [-0.4, -0.2) is 101 Å². The minimum absolute atomic E-state index is 0.0106. The Morgan fingerprint density at radius 1 is 0.927 bits per heavy atom. The zero-order valence-corrected chi connectivity index (χ0v) is 22.1. The van der Waals surface area contributed by atoms with Gasteiger partial charge in [0.25, 0.3) is 0 Å². The van der Waals surface area contributed by atoms with Crippen LogP contribution in [0.1, 0.15) is 31.2 Å². The van der Waals surface area contributed by atoms with Gasteiger partial charge in [-0.25, -0.2) is 4.39 Å². The summed E-state index contributed by atoms with van der Waals surface area (Å²) in [6.45, 7) is -1.53. The van der Waals surface area contributed by atoms with Crippen molar-refractivity contribution in [2.45, 2.75) is 50.2 Å². The first-order valence-corrected chi connectivity index (χ1v) is 12.7. The maximum Gasteiger partial charge on any atom is 0.322 e. The molecule has 0 unspecified atom stereocenters. The summed E-state index contributed by atoms with van der Waals surface area (Å²) >= 11 is 0. The molecule has 1 heterocycles. The van der Waals surface area contributed by atoms with Crippen molar-refractivity contribution in [2.75, 3.05) is 26.2 Å². The number of amides is 5. The zero-order valence-electron chi connectivity index (χ0n) is 22.1. The molecule has 15 nitrogen and oxygen atoms in total. The Hall–Kier alpha value is -4.60. The quantitative estimate of drug-likeness (QED) is 0.115. The van der Waals surface area contributed by atoms with E-state index in [0.29, 0.717) is 12.0 Å². The molecule has 1 aromatic rings. The first-order chi connectivity index (χ1) is 19.4. The molecule has 41 heavy (non-hydrogen) atoms. The number of carbonyl (C=O) groups is 7. The third-order valence-corrected chi connectivity index (χ3v) is 6.15. The third kappa shape index (κ3) is 10.8. The highest BCUT2D eigenvalue weighted by atomic mass is 19.1. The molecular weight excluding hydrogens is 547 g/mol. The molecule has 0 aromatic heterocycles. The van der Waals surface area contributed by atoms with Crippen molar-refractivity contribution in [1.29, 1.82) is 0 Å². The second-order valence-electron chi connectivity index (χ2n) is 9.23. The van der Waals surface area contributed by atoms with Gasteiger partial charge in [-0.2, -0.15) is 0 Å². The number of nitrogens with two attached hydrogens (primary N) is 1. The number of aliphatic carboxylic acids is 2. The van der Waals surface area contributed by atoms with Crippen LogP contribution >= 0.6 is 0 Å². The van der Waals surface area contributed by atoms with Crippen LogP contribution in [-0.2, 0) is 40.0 Å². The zero-order chi connectivity index (χ0) is 30.5. The van der Waals surface area contributed by atoms with Crippen LogP contribution in [0.3, 0.4) is 0 Å². The molecule has 0 saturated carbocycles. The van der Waals surface area contributed by atoms with Crippen molar-refractivity contribution in [3.63, 3.8) is 0 Å². The van der Waals surface area contributed by atoms with E-state index in [0.717, 1.165) is 0 Å². The number of nitrogens with one attached hydrogen (secondary N) is 4. The van der Waals surface area contributed by atoms with Crippen LogP contribution in [0.25, 0.3) is 0 Å². The van der Waals surface area contributed by atoms with Gasteiger partial charge in [-0.1, -0.05) is 12.1 Å². The molecule has 0 radical (unpaired) electrons. The standard InChI is InChI=1S/C25H33FN6O9/c26-15-5-3-14(4-6-15)10-17(30-19(33)11-27)25(41)32-9-1-2-18(32)24(40)31-16(7-8-21(35)36)23(39)29-12-20(34)28-13-22(37)38/h3-6,16-18H,1-2,7-13,27H2,(H,28,34)(H,29,39)(H,30,33)(H,31,40)(H,35,36)(H,37,38)/t16-,17-,18-/m0/s1. The summed E-state index contributed by atoms with van der Waals surface area (Å²) in [4.78, 5) is 86.0. The Bertz CT molecular complexity index is 1150. The number of hydrogen-bond donors (Lipinski definition) is 7. The monoisotopic (exact) mass is 580 g/mol. The lowest BCUT2D eigenvalue weighted by atomic mass is 10.0. The summed E-state index contributed by atoms with van der Waals surface area (Å²) in [5.74, 6) is -6.70. The summed E-state index contributed by atoms with van der Waals surface area (Å²) in [6, 6.07) is 1.75. The fourth-order valence-electron chi connectivity index (χ4n) is 4.14. The lowest BCUT2D eigenvalue weighted by Crippen LogP contribution is -2.57. The van der Waals surface area contributed by atoms with E-state index in [1.54, 1.807) is 0 Å². The molecule has 2 rings (SSSR count). The Kier molecular flexibility index (Phi) is 12.6. The topological polar surface area (TPSA) is 237 Å². The van der Waals surface area contributed by atoms with E-state index >= 15 is 0 Å². The van der Waals surface area contributed by atoms with E-state index in [2.05, 4.69) is 16.0 Å². The summed E-state index contributed by atoms with van der Waals surface area (Å²) < 4.78 is 13.3. The molecule has 16 heteroatoms. The van der Waals surface area contributed by atoms with Gasteiger partial charge in [0.05, 0.1) is 13.1 Å². The molecule has 0 bridgehead atoms. The van der Waals surface area contributed by atoms with Gasteiger partial charge < -0.3 is 42.1 Å². The predicted octanol–water partition coefficient (Wildman–Crippen LogP) is -2.53. The number of carboxylic acid groups (broad SMARTS) is 2. The third-order valence-electron chi connectivity index (χ3n) is 6.15. The Morgan fingerprint density at radius 3 is 2.22 bits per heavy atom. The highest BCUT2D eigenvalue weighted by Crippen LogP contribution is 2.20. The van der Waals surface area contributed by atoms with E-state index < -0.39 is 91.5 Å². The summed E-state index contributed by atoms with van der Waals surface area (Å²) in [6.07, 6.45) is -0.195. The van der Waals surface area contributed by atoms with Crippen LogP contribution < -0.4 is 27.0 Å². The average Bonchev–Trinajstić information content (AvgIpc) is 3.43. The number of carboxylic acids is 2. The molecule has 3 atom stereocenters. The fourth-order valence-corrected chi connectivity index (χ4v) is 4.14. The minimum atomic E-state index is -1.38. The molecule has 1 fully saturated rings. The van der Waals surface area contributed by atoms with E-state index in [9.17, 15) is 38.0 Å². The van der Waals surface area contributed by atoms with Crippen molar-refractivity contribution < 1.29 is 48.2 Å². The van der Waals surface area contributed by atoms with Gasteiger partial charge in [-0.05, 0) is 37.0 Å². The van der Waals surface area contributed by atoms with Crippen molar-refractivity contribution in [1.82, 2.24) is 26.2 Å². The Morgan fingerprint density at radius 2 is 1.61 bits per heavy atom. The normalized spacial score (nSPS) is 15.8. The number of rotatable bonds is 15. The number of benzene rings is 1.